The van der Waals surface area contributed by atoms with Crippen LogP contribution >= 0.6 is 7.82 Å². The third-order valence-electron chi connectivity index (χ3n) is 6.65. The Morgan fingerprint density at radius 1 is 0.730 bits per heavy atom. The predicted molar refractivity (Wildman–Crippen MR) is 151 cm³/mol. The summed E-state index contributed by atoms with van der Waals surface area (Å²) in [6.07, 6.45) is 21.6. The van der Waals surface area contributed by atoms with E-state index in [1.807, 2.05) is 21.1 Å². The highest BCUT2D eigenvalue weighted by Gasteiger charge is 2.36. The highest BCUT2D eigenvalue weighted by atomic mass is 31.2. The van der Waals surface area contributed by atoms with Gasteiger partial charge in [-0.15, -0.1) is 0 Å². The molecule has 0 radical (unpaired) electrons. The summed E-state index contributed by atoms with van der Waals surface area (Å²) in [5.74, 6) is -0.624. The van der Waals surface area contributed by atoms with Gasteiger partial charge in [0.15, 0.2) is 11.6 Å². The first kappa shape index (κ1) is 34.2. The molecule has 0 amide bonds. The topological polar surface area (TPSA) is 78.9 Å². The van der Waals surface area contributed by atoms with E-state index in [-0.39, 0.29) is 31.2 Å². The van der Waals surface area contributed by atoms with Gasteiger partial charge in [-0.3, -0.25) is 23.2 Å². The SMILES string of the molecule is CCCCCCCCCCCCCCCCCCOP(=O)(OCC[N+](C)(C)C)OC1CC(=O)C=CC1=O. The molecule has 1 rings (SSSR count). The van der Waals surface area contributed by atoms with E-state index in [2.05, 4.69) is 6.92 Å². The van der Waals surface area contributed by atoms with Crippen molar-refractivity contribution in [2.24, 2.45) is 0 Å². The van der Waals surface area contributed by atoms with Crippen LogP contribution in [0.5, 0.6) is 0 Å². The van der Waals surface area contributed by atoms with E-state index in [4.69, 9.17) is 13.6 Å². The monoisotopic (exact) mass is 544 g/mol. The van der Waals surface area contributed by atoms with Crippen LogP contribution in [0.1, 0.15) is 116 Å². The second kappa shape index (κ2) is 20.1. The lowest BCUT2D eigenvalue weighted by molar-refractivity contribution is -0.870. The molecule has 1 aliphatic rings. The summed E-state index contributed by atoms with van der Waals surface area (Å²) in [6, 6.07) is 0. The summed E-state index contributed by atoms with van der Waals surface area (Å²) in [6.45, 7) is 3.28. The van der Waals surface area contributed by atoms with Crippen molar-refractivity contribution in [2.45, 2.75) is 122 Å². The average molecular weight is 545 g/mol. The van der Waals surface area contributed by atoms with Gasteiger partial charge in [-0.25, -0.2) is 4.57 Å². The van der Waals surface area contributed by atoms with Crippen molar-refractivity contribution in [3.63, 3.8) is 0 Å². The number of carbonyl (C=O) groups excluding carboxylic acids is 2. The number of phosphoric acid groups is 1. The second-order valence-electron chi connectivity index (χ2n) is 11.4. The maximum atomic E-state index is 13.2. The fourth-order valence-electron chi connectivity index (χ4n) is 4.23. The first-order valence-corrected chi connectivity index (χ1v) is 16.2. The van der Waals surface area contributed by atoms with Crippen LogP contribution in [0, 0.1) is 0 Å². The van der Waals surface area contributed by atoms with Crippen LogP contribution in [0.25, 0.3) is 0 Å². The van der Waals surface area contributed by atoms with Crippen LogP contribution in [0.4, 0.5) is 0 Å². The highest BCUT2D eigenvalue weighted by Crippen LogP contribution is 2.51. The van der Waals surface area contributed by atoms with E-state index >= 15 is 0 Å². The third kappa shape index (κ3) is 18.9. The number of rotatable bonds is 24. The Hall–Kier alpha value is -0.850. The molecule has 0 N–H and O–H groups in total. The molecule has 2 atom stereocenters. The predicted octanol–water partition coefficient (Wildman–Crippen LogP) is 7.58. The fourth-order valence-corrected chi connectivity index (χ4v) is 5.57. The molecule has 216 valence electrons. The van der Waals surface area contributed by atoms with Crippen LogP contribution in [0.15, 0.2) is 12.2 Å². The summed E-state index contributed by atoms with van der Waals surface area (Å²) < 4.78 is 30.4. The van der Waals surface area contributed by atoms with Gasteiger partial charge in [0.2, 0.25) is 0 Å². The summed E-state index contributed by atoms with van der Waals surface area (Å²) in [4.78, 5) is 23.8. The van der Waals surface area contributed by atoms with Gasteiger partial charge >= 0.3 is 7.82 Å². The zero-order chi connectivity index (χ0) is 27.4. The molecule has 1 aliphatic carbocycles. The normalized spacial score (nSPS) is 17.9. The highest BCUT2D eigenvalue weighted by molar-refractivity contribution is 7.48. The van der Waals surface area contributed by atoms with E-state index in [0.717, 1.165) is 19.3 Å². The Kier molecular flexibility index (Phi) is 18.6. The number of nitrogens with zero attached hydrogens (tertiary/aromatic N) is 1. The Morgan fingerprint density at radius 3 is 1.68 bits per heavy atom. The molecule has 37 heavy (non-hydrogen) atoms. The van der Waals surface area contributed by atoms with Crippen molar-refractivity contribution in [3.8, 4) is 0 Å². The van der Waals surface area contributed by atoms with Crippen LogP contribution in [0.2, 0.25) is 0 Å². The maximum absolute atomic E-state index is 13.2. The summed E-state index contributed by atoms with van der Waals surface area (Å²) in [7, 11) is 2.06. The lowest BCUT2D eigenvalue weighted by Crippen LogP contribution is -2.37. The lowest BCUT2D eigenvalue weighted by atomic mass is 10.0. The van der Waals surface area contributed by atoms with Gasteiger partial charge in [-0.1, -0.05) is 103 Å². The van der Waals surface area contributed by atoms with Gasteiger partial charge in [-0.2, -0.15) is 0 Å². The van der Waals surface area contributed by atoms with Crippen LogP contribution in [-0.4, -0.2) is 63.1 Å². The van der Waals surface area contributed by atoms with Crippen molar-refractivity contribution >= 4 is 19.4 Å². The lowest BCUT2D eigenvalue weighted by Gasteiger charge is -2.26. The third-order valence-corrected chi connectivity index (χ3v) is 8.16. The molecule has 0 aliphatic heterocycles. The average Bonchev–Trinajstić information content (AvgIpc) is 2.82. The standard InChI is InChI=1S/C29H55NO6P/c1-5-6-7-8-9-10-11-12-13-14-15-16-17-18-19-20-24-34-37(33,35-25-23-30(2,3)4)36-29-26-27(31)21-22-28(29)32/h21-22,29H,5-20,23-26H2,1-4H3/q+1. The van der Waals surface area contributed by atoms with E-state index < -0.39 is 13.9 Å². The Balaban J connectivity index is 2.16. The Labute approximate surface area is 226 Å². The molecule has 0 aromatic rings. The molecular formula is C29H55NO6P+. The van der Waals surface area contributed by atoms with Gasteiger partial charge in [0, 0.05) is 6.42 Å². The summed E-state index contributed by atoms with van der Waals surface area (Å²) >= 11 is 0. The number of likely N-dealkylation sites (N-methyl/N-ethyl adjacent to an activating group) is 1. The Morgan fingerprint density at radius 2 is 1.19 bits per heavy atom. The van der Waals surface area contributed by atoms with Gasteiger partial charge in [0.25, 0.3) is 0 Å². The van der Waals surface area contributed by atoms with Crippen molar-refractivity contribution < 1.29 is 32.2 Å². The molecule has 0 heterocycles. The minimum atomic E-state index is -3.94. The van der Waals surface area contributed by atoms with E-state index in [9.17, 15) is 14.2 Å². The van der Waals surface area contributed by atoms with Gasteiger partial charge in [0.1, 0.15) is 19.3 Å². The molecule has 2 unspecified atom stereocenters. The smallest absolute Gasteiger partial charge is 0.329 e. The molecule has 0 bridgehead atoms. The maximum Gasteiger partial charge on any atom is 0.475 e. The van der Waals surface area contributed by atoms with Crippen molar-refractivity contribution in [1.82, 2.24) is 0 Å². The summed E-state index contributed by atoms with van der Waals surface area (Å²) in [5, 5.41) is 0. The zero-order valence-corrected chi connectivity index (χ0v) is 25.1. The van der Waals surface area contributed by atoms with E-state index in [1.165, 1.54) is 95.6 Å². The van der Waals surface area contributed by atoms with Crippen molar-refractivity contribution in [1.29, 1.82) is 0 Å². The number of allylic oxidation sites excluding steroid dienone is 1. The molecule has 0 saturated carbocycles. The molecule has 0 aromatic heterocycles. The molecule has 0 saturated heterocycles. The number of quaternary nitrogens is 1. The number of unbranched alkanes of at least 4 members (excludes halogenated alkanes) is 15. The molecule has 0 fully saturated rings. The number of carbonyl (C=O) groups is 2. The van der Waals surface area contributed by atoms with Crippen molar-refractivity contribution in [3.05, 3.63) is 12.2 Å². The number of phosphoric ester groups is 1. The van der Waals surface area contributed by atoms with Crippen LogP contribution in [0.3, 0.4) is 0 Å². The van der Waals surface area contributed by atoms with Crippen molar-refractivity contribution in [2.75, 3.05) is 40.9 Å². The number of hydrogen-bond donors (Lipinski definition) is 0. The molecule has 7 nitrogen and oxygen atoms in total. The quantitative estimate of drug-likeness (QED) is 0.0708. The molecule has 0 spiro atoms. The largest absolute Gasteiger partial charge is 0.475 e. The molecular weight excluding hydrogens is 489 g/mol. The van der Waals surface area contributed by atoms with Gasteiger partial charge in [-0.05, 0) is 18.6 Å². The Bertz CT molecular complexity index is 703. The first-order valence-electron chi connectivity index (χ1n) is 14.8. The fraction of sp³-hybridized carbons (Fsp3) is 0.862. The minimum Gasteiger partial charge on any atom is -0.329 e. The zero-order valence-electron chi connectivity index (χ0n) is 24.2. The van der Waals surface area contributed by atoms with Gasteiger partial charge < -0.3 is 4.48 Å². The summed E-state index contributed by atoms with van der Waals surface area (Å²) in [5.41, 5.74) is 0. The van der Waals surface area contributed by atoms with Crippen LogP contribution in [-0.2, 0) is 27.7 Å². The first-order chi connectivity index (χ1) is 17.7. The van der Waals surface area contributed by atoms with E-state index in [1.54, 1.807) is 0 Å². The van der Waals surface area contributed by atoms with Crippen LogP contribution < -0.4 is 0 Å². The van der Waals surface area contributed by atoms with Gasteiger partial charge in [0.05, 0.1) is 27.7 Å². The second-order valence-corrected chi connectivity index (χ2v) is 13.1. The molecule has 0 aromatic carbocycles. The number of hydrogen-bond acceptors (Lipinski definition) is 6. The van der Waals surface area contributed by atoms with E-state index in [0.29, 0.717) is 11.0 Å². The minimum absolute atomic E-state index is 0.138. The molecule has 8 heteroatoms. The number of ketones is 2.